The Hall–Kier alpha value is -0.540. The van der Waals surface area contributed by atoms with Gasteiger partial charge in [0, 0.05) is 6.54 Å². The van der Waals surface area contributed by atoms with Gasteiger partial charge in [0.05, 0.1) is 23.0 Å². The van der Waals surface area contributed by atoms with Crippen LogP contribution < -0.4 is 5.32 Å². The third-order valence-electron chi connectivity index (χ3n) is 4.16. The van der Waals surface area contributed by atoms with E-state index < -0.39 is 0 Å². The van der Waals surface area contributed by atoms with E-state index in [1.165, 1.54) is 37.8 Å². The second-order valence-electron chi connectivity index (χ2n) is 5.52. The normalized spacial score (nSPS) is 18.7. The Kier molecular flexibility index (Phi) is 5.71. The number of halogens is 1. The molecule has 1 aromatic heterocycles. The zero-order chi connectivity index (χ0) is 13.7. The molecule has 1 heterocycles. The van der Waals surface area contributed by atoms with Gasteiger partial charge in [-0.25, -0.2) is 0 Å². The van der Waals surface area contributed by atoms with E-state index in [-0.39, 0.29) is 0 Å². The zero-order valence-corrected chi connectivity index (χ0v) is 12.9. The molecule has 1 aliphatic carbocycles. The Balaban J connectivity index is 2.22. The van der Waals surface area contributed by atoms with Crippen LogP contribution in [0.5, 0.6) is 0 Å². The van der Waals surface area contributed by atoms with Crippen LogP contribution >= 0.6 is 11.6 Å². The van der Waals surface area contributed by atoms with Crippen molar-refractivity contribution in [1.29, 1.82) is 0 Å². The molecule has 4 heteroatoms. The summed E-state index contributed by atoms with van der Waals surface area (Å²) in [5.41, 5.74) is 1.20. The van der Waals surface area contributed by atoms with Crippen molar-refractivity contribution in [3.8, 4) is 0 Å². The maximum Gasteiger partial charge on any atom is 0.0834 e. The Morgan fingerprint density at radius 1 is 1.37 bits per heavy atom. The molecule has 1 aromatic rings. The summed E-state index contributed by atoms with van der Waals surface area (Å²) in [5.74, 6) is 0.708. The lowest BCUT2D eigenvalue weighted by Crippen LogP contribution is -2.32. The van der Waals surface area contributed by atoms with E-state index in [4.69, 9.17) is 11.6 Å². The summed E-state index contributed by atoms with van der Waals surface area (Å²) in [4.78, 5) is 0. The average molecular weight is 284 g/mol. The number of aryl methyl sites for hydroxylation is 1. The highest BCUT2D eigenvalue weighted by molar-refractivity contribution is 6.31. The van der Waals surface area contributed by atoms with Crippen LogP contribution in [0.25, 0.3) is 0 Å². The second-order valence-corrected chi connectivity index (χ2v) is 5.93. The van der Waals surface area contributed by atoms with Crippen LogP contribution in [-0.2, 0) is 6.54 Å². The highest BCUT2D eigenvalue weighted by atomic mass is 35.5. The van der Waals surface area contributed by atoms with Gasteiger partial charge in [0.1, 0.15) is 0 Å². The fraction of sp³-hybridized carbons (Fsp3) is 0.800. The van der Waals surface area contributed by atoms with Crippen LogP contribution in [0.3, 0.4) is 0 Å². The lowest BCUT2D eigenvalue weighted by Gasteiger charge is -2.31. The first-order chi connectivity index (χ1) is 9.27. The number of nitrogens with zero attached hydrogens (tertiary/aromatic N) is 2. The predicted octanol–water partition coefficient (Wildman–Crippen LogP) is 4.18. The first kappa shape index (κ1) is 14.9. The summed E-state index contributed by atoms with van der Waals surface area (Å²) in [6.45, 7) is 6.28. The highest BCUT2D eigenvalue weighted by Gasteiger charge is 2.28. The van der Waals surface area contributed by atoms with E-state index in [1.54, 1.807) is 6.20 Å². The van der Waals surface area contributed by atoms with Crippen molar-refractivity contribution in [1.82, 2.24) is 15.1 Å². The second kappa shape index (κ2) is 7.30. The van der Waals surface area contributed by atoms with Crippen LogP contribution in [0.4, 0.5) is 0 Å². The molecule has 19 heavy (non-hydrogen) atoms. The van der Waals surface area contributed by atoms with Crippen LogP contribution in [0.15, 0.2) is 6.20 Å². The summed E-state index contributed by atoms with van der Waals surface area (Å²) in [6, 6.07) is 0.371. The summed E-state index contributed by atoms with van der Waals surface area (Å²) in [7, 11) is 0. The molecule has 1 aliphatic rings. The summed E-state index contributed by atoms with van der Waals surface area (Å²) < 4.78 is 2.06. The summed E-state index contributed by atoms with van der Waals surface area (Å²) >= 11 is 6.39. The Labute approximate surface area is 121 Å². The predicted molar refractivity (Wildman–Crippen MR) is 80.5 cm³/mol. The molecule has 1 N–H and O–H groups in total. The van der Waals surface area contributed by atoms with Crippen LogP contribution in [0.2, 0.25) is 5.02 Å². The molecule has 2 rings (SSSR count). The smallest absolute Gasteiger partial charge is 0.0834 e. The molecule has 1 fully saturated rings. The summed E-state index contributed by atoms with van der Waals surface area (Å²) in [6.07, 6.45) is 9.67. The highest BCUT2D eigenvalue weighted by Crippen LogP contribution is 2.37. The van der Waals surface area contributed by atoms with Crippen molar-refractivity contribution >= 4 is 11.6 Å². The number of hydrogen-bond donors (Lipinski definition) is 1. The SMILES string of the molecule is CCCNC(c1c(Cl)cnn1CC)C1CCCCC1. The van der Waals surface area contributed by atoms with E-state index in [9.17, 15) is 0 Å². The quantitative estimate of drug-likeness (QED) is 0.849. The van der Waals surface area contributed by atoms with E-state index in [2.05, 4.69) is 28.9 Å². The van der Waals surface area contributed by atoms with Crippen molar-refractivity contribution in [2.24, 2.45) is 5.92 Å². The standard InChI is InChI=1S/C15H26ClN3/c1-3-10-17-14(12-8-6-5-7-9-12)15-13(16)11-18-19(15)4-2/h11-12,14,17H,3-10H2,1-2H3. The molecule has 3 nitrogen and oxygen atoms in total. The van der Waals surface area contributed by atoms with Gasteiger partial charge >= 0.3 is 0 Å². The number of aromatic nitrogens is 2. The van der Waals surface area contributed by atoms with E-state index in [0.717, 1.165) is 24.5 Å². The number of hydrogen-bond acceptors (Lipinski definition) is 2. The third kappa shape index (κ3) is 3.51. The lowest BCUT2D eigenvalue weighted by atomic mass is 9.82. The molecule has 0 saturated heterocycles. The molecule has 108 valence electrons. The first-order valence-corrected chi connectivity index (χ1v) is 8.10. The number of rotatable bonds is 6. The van der Waals surface area contributed by atoms with Crippen molar-refractivity contribution < 1.29 is 0 Å². The fourth-order valence-corrected chi connectivity index (χ4v) is 3.45. The molecule has 1 atom stereocenters. The van der Waals surface area contributed by atoms with Gasteiger partial charge < -0.3 is 5.32 Å². The van der Waals surface area contributed by atoms with Gasteiger partial charge in [-0.15, -0.1) is 0 Å². The Bertz CT molecular complexity index is 383. The van der Waals surface area contributed by atoms with Gasteiger partial charge in [0.2, 0.25) is 0 Å². The topological polar surface area (TPSA) is 29.9 Å². The molecule has 0 aliphatic heterocycles. The number of nitrogens with one attached hydrogen (secondary N) is 1. The van der Waals surface area contributed by atoms with Crippen molar-refractivity contribution in [3.63, 3.8) is 0 Å². The largest absolute Gasteiger partial charge is 0.308 e. The van der Waals surface area contributed by atoms with E-state index >= 15 is 0 Å². The van der Waals surface area contributed by atoms with Crippen molar-refractivity contribution in [3.05, 3.63) is 16.9 Å². The molecule has 0 spiro atoms. The molecular weight excluding hydrogens is 258 g/mol. The molecule has 0 aromatic carbocycles. The van der Waals surface area contributed by atoms with Gasteiger partial charge in [0.25, 0.3) is 0 Å². The molecule has 0 amide bonds. The monoisotopic (exact) mass is 283 g/mol. The molecule has 1 saturated carbocycles. The Morgan fingerprint density at radius 2 is 2.11 bits per heavy atom. The fourth-order valence-electron chi connectivity index (χ4n) is 3.19. The minimum absolute atomic E-state index is 0.371. The van der Waals surface area contributed by atoms with E-state index in [0.29, 0.717) is 12.0 Å². The average Bonchev–Trinajstić information content (AvgIpc) is 2.82. The summed E-state index contributed by atoms with van der Waals surface area (Å²) in [5, 5.41) is 8.93. The van der Waals surface area contributed by atoms with E-state index in [1.807, 2.05) is 0 Å². The minimum Gasteiger partial charge on any atom is -0.308 e. The zero-order valence-electron chi connectivity index (χ0n) is 12.2. The Morgan fingerprint density at radius 3 is 2.74 bits per heavy atom. The van der Waals surface area contributed by atoms with Crippen LogP contribution in [-0.4, -0.2) is 16.3 Å². The van der Waals surface area contributed by atoms with Crippen molar-refractivity contribution in [2.45, 2.75) is 65.0 Å². The molecule has 0 radical (unpaired) electrons. The molecule has 1 unspecified atom stereocenters. The third-order valence-corrected chi connectivity index (χ3v) is 4.45. The maximum atomic E-state index is 6.39. The maximum absolute atomic E-state index is 6.39. The lowest BCUT2D eigenvalue weighted by molar-refractivity contribution is 0.261. The molecular formula is C15H26ClN3. The van der Waals surface area contributed by atoms with Gasteiger partial charge in [0.15, 0.2) is 0 Å². The molecule has 0 bridgehead atoms. The van der Waals surface area contributed by atoms with Gasteiger partial charge in [-0.3, -0.25) is 4.68 Å². The van der Waals surface area contributed by atoms with Crippen LogP contribution in [0, 0.1) is 5.92 Å². The first-order valence-electron chi connectivity index (χ1n) is 7.72. The van der Waals surface area contributed by atoms with Crippen LogP contribution in [0.1, 0.15) is 64.1 Å². The van der Waals surface area contributed by atoms with Gasteiger partial charge in [-0.05, 0) is 38.6 Å². The minimum atomic E-state index is 0.371. The van der Waals surface area contributed by atoms with Gasteiger partial charge in [-0.2, -0.15) is 5.10 Å². The van der Waals surface area contributed by atoms with Crippen molar-refractivity contribution in [2.75, 3.05) is 6.54 Å². The van der Waals surface area contributed by atoms with Gasteiger partial charge in [-0.1, -0.05) is 37.8 Å².